The van der Waals surface area contributed by atoms with Crippen molar-refractivity contribution < 1.29 is 55.8 Å². The van der Waals surface area contributed by atoms with Crippen LogP contribution in [0.5, 0.6) is 0 Å². The van der Waals surface area contributed by atoms with Crippen molar-refractivity contribution >= 4 is 47.3 Å². The van der Waals surface area contributed by atoms with Crippen molar-refractivity contribution in [3.63, 3.8) is 0 Å². The summed E-state index contributed by atoms with van der Waals surface area (Å²) in [4.78, 5) is 11.4. The minimum absolute atomic E-state index is 0. The SMILES string of the molecule is CC(C)c1cccc(C(C)C)c1C([NH-])=O.[Cl-].[Cl-].[Zr+4].c1ccc([Si]c2ccccc2)cc1.c1ccc2c(c1)[cH-]c1ccccc12. The normalized spacial score (nSPS) is 9.95. The molecule has 1 N–H and O–H groups in total. The second-order valence-corrected chi connectivity index (χ2v) is 12.0. The van der Waals surface area contributed by atoms with E-state index in [1.807, 2.05) is 45.9 Å². The van der Waals surface area contributed by atoms with E-state index in [1.54, 1.807) is 0 Å². The van der Waals surface area contributed by atoms with Crippen LogP contribution in [0, 0.1) is 0 Å². The van der Waals surface area contributed by atoms with E-state index in [4.69, 9.17) is 5.73 Å². The van der Waals surface area contributed by atoms with Crippen LogP contribution in [0.25, 0.3) is 27.3 Å². The van der Waals surface area contributed by atoms with E-state index in [0.717, 1.165) is 20.6 Å². The largest absolute Gasteiger partial charge is 4.00 e. The van der Waals surface area contributed by atoms with Crippen molar-refractivity contribution in [2.24, 2.45) is 0 Å². The molecule has 6 aromatic rings. The molecule has 0 bridgehead atoms. The van der Waals surface area contributed by atoms with E-state index >= 15 is 0 Å². The molecule has 0 aromatic heterocycles. The van der Waals surface area contributed by atoms with Gasteiger partial charge in [0.15, 0.2) is 0 Å². The van der Waals surface area contributed by atoms with Gasteiger partial charge >= 0.3 is 26.2 Å². The topological polar surface area (TPSA) is 40.9 Å². The number of hydrogen-bond donors (Lipinski definition) is 0. The predicted molar refractivity (Wildman–Crippen MR) is 178 cm³/mol. The molecule has 2 radical (unpaired) electrons. The summed E-state index contributed by atoms with van der Waals surface area (Å²) in [5, 5.41) is 8.19. The van der Waals surface area contributed by atoms with Crippen LogP contribution in [0.3, 0.4) is 0 Å². The van der Waals surface area contributed by atoms with Gasteiger partial charge in [-0.15, -0.1) is 39.7 Å². The Kier molecular flexibility index (Phi) is 17.3. The first-order chi connectivity index (χ1) is 19.8. The maximum absolute atomic E-state index is 11.4. The molecule has 0 saturated carbocycles. The Bertz CT molecular complexity index is 1590. The van der Waals surface area contributed by atoms with Crippen LogP contribution in [0.2, 0.25) is 0 Å². The number of halogens is 2. The van der Waals surface area contributed by atoms with Gasteiger partial charge in [0, 0.05) is 5.56 Å². The predicted octanol–water partition coefficient (Wildman–Crippen LogP) is 3.18. The van der Waals surface area contributed by atoms with Gasteiger partial charge in [-0.05, 0) is 23.0 Å². The molecule has 222 valence electrons. The second-order valence-electron chi connectivity index (χ2n) is 10.6. The van der Waals surface area contributed by atoms with Crippen LogP contribution in [-0.2, 0) is 26.2 Å². The summed E-state index contributed by atoms with van der Waals surface area (Å²) in [6.45, 7) is 8.19. The molecule has 1 amide bonds. The van der Waals surface area contributed by atoms with Gasteiger partial charge in [0.25, 0.3) is 0 Å². The van der Waals surface area contributed by atoms with Gasteiger partial charge in [-0.1, -0.05) is 153 Å². The Hall–Kier alpha value is -2.88. The monoisotopic (exact) mass is 711 g/mol. The molecule has 0 heterocycles. The summed E-state index contributed by atoms with van der Waals surface area (Å²) in [6, 6.07) is 46.3. The van der Waals surface area contributed by atoms with Gasteiger partial charge in [0.05, 0.1) is 5.91 Å². The Morgan fingerprint density at radius 2 is 0.932 bits per heavy atom. The Labute approximate surface area is 296 Å². The van der Waals surface area contributed by atoms with E-state index in [1.165, 1.54) is 31.9 Å². The number of benzene rings is 5. The fourth-order valence-electron chi connectivity index (χ4n) is 4.93. The van der Waals surface area contributed by atoms with Crippen LogP contribution in [0.4, 0.5) is 0 Å². The minimum atomic E-state index is -0.567. The molecule has 44 heavy (non-hydrogen) atoms. The van der Waals surface area contributed by atoms with Gasteiger partial charge in [0.1, 0.15) is 9.52 Å². The number of carbonyl (C=O) groups excluding carboxylic acids is 1. The zero-order chi connectivity index (χ0) is 29.2. The molecule has 0 unspecified atom stereocenters. The second kappa shape index (κ2) is 19.5. The zero-order valence-electron chi connectivity index (χ0n) is 25.5. The number of fused-ring (bicyclic) bond motifs is 3. The zero-order valence-corrected chi connectivity index (χ0v) is 30.5. The van der Waals surface area contributed by atoms with E-state index in [9.17, 15) is 4.79 Å². The average molecular weight is 714 g/mol. The third kappa shape index (κ3) is 10.6. The summed E-state index contributed by atoms with van der Waals surface area (Å²) in [7, 11) is 0.777. The van der Waals surface area contributed by atoms with E-state index in [-0.39, 0.29) is 62.9 Å². The van der Waals surface area contributed by atoms with E-state index < -0.39 is 5.91 Å². The summed E-state index contributed by atoms with van der Waals surface area (Å²) in [6.07, 6.45) is 0. The number of carbonyl (C=O) groups is 1. The molecular formula is C38H37Cl2NOSiZr. The van der Waals surface area contributed by atoms with Gasteiger partial charge < -0.3 is 35.3 Å². The van der Waals surface area contributed by atoms with Crippen LogP contribution in [0.15, 0.2) is 133 Å². The summed E-state index contributed by atoms with van der Waals surface area (Å²) < 4.78 is 0. The van der Waals surface area contributed by atoms with Gasteiger partial charge in [-0.2, -0.15) is 0 Å². The first-order valence-corrected chi connectivity index (χ1v) is 15.1. The number of rotatable bonds is 5. The number of nitrogens with one attached hydrogen (secondary N) is 1. The third-order valence-corrected chi connectivity index (χ3v) is 8.20. The van der Waals surface area contributed by atoms with Crippen molar-refractivity contribution in [1.82, 2.24) is 0 Å². The standard InChI is InChI=1S/C13H19NO.C13H9.C12H10Si.2ClH.Zr/c1-8(2)10-6-5-7-11(9(3)4)12(10)13(14)15;1-3-7-12-10(5-1)9-11-6-2-4-8-13(11)12;1-3-7-11(8-4-1)13-12-9-5-2-6-10-12;;;/h5-9H,1-4H3,(H2,14,15);1-9H;1-10H;2*1H;/q;-1;;;;+4/p-3. The van der Waals surface area contributed by atoms with E-state index in [0.29, 0.717) is 5.56 Å². The molecule has 6 rings (SSSR count). The first-order valence-electron chi connectivity index (χ1n) is 14.1. The van der Waals surface area contributed by atoms with Gasteiger partial charge in [-0.25, -0.2) is 0 Å². The third-order valence-electron chi connectivity index (χ3n) is 6.96. The number of amides is 1. The molecule has 6 heteroatoms. The summed E-state index contributed by atoms with van der Waals surface area (Å²) in [5.41, 5.74) is 9.92. The maximum Gasteiger partial charge on any atom is 4.00 e. The molecule has 0 aliphatic heterocycles. The van der Waals surface area contributed by atoms with Gasteiger partial charge in [-0.3, -0.25) is 0 Å². The van der Waals surface area contributed by atoms with Crippen molar-refractivity contribution in [3.05, 3.63) is 156 Å². The quantitative estimate of drug-likeness (QED) is 0.200. The van der Waals surface area contributed by atoms with Crippen molar-refractivity contribution in [2.45, 2.75) is 39.5 Å². The maximum atomic E-state index is 11.4. The molecule has 0 fully saturated rings. The van der Waals surface area contributed by atoms with Crippen molar-refractivity contribution in [1.29, 1.82) is 0 Å². The fraction of sp³-hybridized carbons (Fsp3) is 0.158. The molecule has 0 saturated heterocycles. The molecule has 0 aliphatic carbocycles. The van der Waals surface area contributed by atoms with Crippen molar-refractivity contribution in [3.8, 4) is 0 Å². The molecule has 6 aromatic carbocycles. The van der Waals surface area contributed by atoms with Crippen LogP contribution in [-0.4, -0.2) is 15.4 Å². The summed E-state index contributed by atoms with van der Waals surface area (Å²) in [5.74, 6) is 0.00370. The minimum Gasteiger partial charge on any atom is -1.00 e. The first kappa shape index (κ1) is 39.1. The van der Waals surface area contributed by atoms with Crippen LogP contribution < -0.4 is 35.2 Å². The Morgan fingerprint density at radius 3 is 1.30 bits per heavy atom. The Balaban J connectivity index is 0.000000320. The van der Waals surface area contributed by atoms with Crippen LogP contribution in [0.1, 0.15) is 61.0 Å². The number of hydrogen-bond acceptors (Lipinski definition) is 1. The molecular weight excluding hydrogens is 677 g/mol. The molecule has 0 atom stereocenters. The van der Waals surface area contributed by atoms with Crippen molar-refractivity contribution in [2.75, 3.05) is 0 Å². The molecule has 0 aliphatic rings. The fourth-order valence-corrected chi connectivity index (χ4v) is 5.98. The summed E-state index contributed by atoms with van der Waals surface area (Å²) >= 11 is 0. The molecule has 0 spiro atoms. The van der Waals surface area contributed by atoms with E-state index in [2.05, 4.69) is 115 Å². The molecule has 2 nitrogen and oxygen atoms in total. The van der Waals surface area contributed by atoms with Gasteiger partial charge in [0.2, 0.25) is 0 Å². The average Bonchev–Trinajstić information content (AvgIpc) is 3.37. The smallest absolute Gasteiger partial charge is 1.00 e. The van der Waals surface area contributed by atoms with Crippen LogP contribution >= 0.6 is 0 Å². The Morgan fingerprint density at radius 1 is 0.568 bits per heavy atom.